The topological polar surface area (TPSA) is 87.2 Å². The number of carboxylic acid groups (broad SMARTS) is 1. The lowest BCUT2D eigenvalue weighted by molar-refractivity contribution is -0.137. The number of benzene rings is 2. The van der Waals surface area contributed by atoms with Crippen LogP contribution in [0, 0.1) is 5.41 Å². The Morgan fingerprint density at radius 1 is 1.14 bits per heavy atom. The third-order valence-electron chi connectivity index (χ3n) is 3.28. The molecule has 0 aliphatic heterocycles. The highest BCUT2D eigenvalue weighted by atomic mass is 32.2. The molecule has 2 aromatic carbocycles. The van der Waals surface area contributed by atoms with Gasteiger partial charge in [-0.25, -0.2) is 0 Å². The molecule has 22 heavy (non-hydrogen) atoms. The van der Waals surface area contributed by atoms with Gasteiger partial charge in [0.25, 0.3) is 0 Å². The minimum absolute atomic E-state index is 0.00162. The van der Waals surface area contributed by atoms with Gasteiger partial charge < -0.3 is 10.8 Å². The normalized spacial score (nSPS) is 11.8. The highest BCUT2D eigenvalue weighted by molar-refractivity contribution is 8.13. The number of carbonyl (C=O) groups is 1. The van der Waals surface area contributed by atoms with Gasteiger partial charge in [0.2, 0.25) is 0 Å². The van der Waals surface area contributed by atoms with Crippen LogP contribution in [0.3, 0.4) is 0 Å². The Labute approximate surface area is 133 Å². The van der Waals surface area contributed by atoms with Crippen molar-refractivity contribution in [2.45, 2.75) is 18.1 Å². The van der Waals surface area contributed by atoms with Crippen molar-refractivity contribution in [3.8, 4) is 11.1 Å². The molecule has 0 amide bonds. The Hall–Kier alpha value is -2.27. The summed E-state index contributed by atoms with van der Waals surface area (Å²) >= 11 is 1.20. The number of rotatable bonds is 6. The molecule has 114 valence electrons. The van der Waals surface area contributed by atoms with Crippen LogP contribution >= 0.6 is 11.8 Å². The molecular weight excluding hydrogens is 296 g/mol. The summed E-state index contributed by atoms with van der Waals surface area (Å²) in [5, 5.41) is 16.3. The molecule has 0 saturated carbocycles. The van der Waals surface area contributed by atoms with E-state index in [1.165, 1.54) is 11.8 Å². The van der Waals surface area contributed by atoms with E-state index in [1.807, 2.05) is 54.6 Å². The Morgan fingerprint density at radius 3 is 2.41 bits per heavy atom. The van der Waals surface area contributed by atoms with Crippen molar-refractivity contribution in [2.75, 3.05) is 0 Å². The van der Waals surface area contributed by atoms with Crippen LogP contribution in [0.5, 0.6) is 0 Å². The van der Waals surface area contributed by atoms with Gasteiger partial charge in [-0.05, 0) is 23.1 Å². The second-order valence-electron chi connectivity index (χ2n) is 4.86. The average molecular weight is 314 g/mol. The fourth-order valence-electron chi connectivity index (χ4n) is 2.34. The number of hydrogen-bond donors (Lipinski definition) is 3. The standard InChI is InChI=1S/C17H18N2O2S/c18-17(19)22-15(10-11-16(20)21)14-9-5-4-8-13(14)12-6-2-1-3-7-12/h1-9,15H,10-11H2,(H3,18,19)(H,20,21). The van der Waals surface area contributed by atoms with E-state index in [0.717, 1.165) is 16.7 Å². The zero-order valence-electron chi connectivity index (χ0n) is 12.0. The lowest BCUT2D eigenvalue weighted by Gasteiger charge is -2.19. The summed E-state index contributed by atoms with van der Waals surface area (Å²) < 4.78 is 0. The Bertz CT molecular complexity index is 659. The molecule has 0 heterocycles. The zero-order valence-corrected chi connectivity index (χ0v) is 12.8. The smallest absolute Gasteiger partial charge is 0.303 e. The van der Waals surface area contributed by atoms with Gasteiger partial charge in [0.15, 0.2) is 5.17 Å². The summed E-state index contributed by atoms with van der Waals surface area (Å²) in [7, 11) is 0. The molecule has 0 radical (unpaired) electrons. The molecule has 0 spiro atoms. The van der Waals surface area contributed by atoms with Crippen molar-refractivity contribution in [1.82, 2.24) is 0 Å². The Kier molecular flexibility index (Phi) is 5.61. The van der Waals surface area contributed by atoms with Gasteiger partial charge in [0.05, 0.1) is 0 Å². The van der Waals surface area contributed by atoms with Crippen molar-refractivity contribution < 1.29 is 9.90 Å². The van der Waals surface area contributed by atoms with E-state index >= 15 is 0 Å². The molecule has 0 fully saturated rings. The predicted molar refractivity (Wildman–Crippen MR) is 91.0 cm³/mol. The van der Waals surface area contributed by atoms with Crippen molar-refractivity contribution in [1.29, 1.82) is 5.41 Å². The molecule has 1 unspecified atom stereocenters. The SMILES string of the molecule is N=C(N)SC(CCC(=O)O)c1ccccc1-c1ccccc1. The first kappa shape index (κ1) is 16.1. The lowest BCUT2D eigenvalue weighted by Crippen LogP contribution is -2.10. The monoisotopic (exact) mass is 314 g/mol. The molecule has 2 rings (SSSR count). The van der Waals surface area contributed by atoms with Gasteiger partial charge in [-0.3, -0.25) is 10.2 Å². The number of carboxylic acids is 1. The van der Waals surface area contributed by atoms with E-state index in [2.05, 4.69) is 0 Å². The predicted octanol–water partition coefficient (Wildman–Crippen LogP) is 3.89. The summed E-state index contributed by atoms with van der Waals surface area (Å²) in [4.78, 5) is 10.9. The average Bonchev–Trinajstić information content (AvgIpc) is 2.52. The van der Waals surface area contributed by atoms with Gasteiger partial charge in [-0.1, -0.05) is 66.4 Å². The number of thioether (sulfide) groups is 1. The second kappa shape index (κ2) is 7.66. The fourth-order valence-corrected chi connectivity index (χ4v) is 3.22. The second-order valence-corrected chi connectivity index (χ2v) is 6.10. The molecule has 5 heteroatoms. The summed E-state index contributed by atoms with van der Waals surface area (Å²) in [6.45, 7) is 0. The third kappa shape index (κ3) is 4.36. The summed E-state index contributed by atoms with van der Waals surface area (Å²) in [5.41, 5.74) is 8.65. The van der Waals surface area contributed by atoms with E-state index < -0.39 is 5.97 Å². The number of nitrogens with two attached hydrogens (primary N) is 1. The number of aliphatic carboxylic acids is 1. The first-order valence-corrected chi connectivity index (χ1v) is 7.82. The molecule has 0 saturated heterocycles. The maximum atomic E-state index is 10.9. The minimum Gasteiger partial charge on any atom is -0.481 e. The van der Waals surface area contributed by atoms with E-state index in [1.54, 1.807) is 0 Å². The van der Waals surface area contributed by atoms with Crippen molar-refractivity contribution in [3.05, 3.63) is 60.2 Å². The van der Waals surface area contributed by atoms with Crippen molar-refractivity contribution in [3.63, 3.8) is 0 Å². The van der Waals surface area contributed by atoms with Crippen LogP contribution in [0.25, 0.3) is 11.1 Å². The fraction of sp³-hybridized carbons (Fsp3) is 0.176. The highest BCUT2D eigenvalue weighted by Crippen LogP contribution is 2.38. The van der Waals surface area contributed by atoms with Gasteiger partial charge in [0, 0.05) is 11.7 Å². The third-order valence-corrected chi connectivity index (χ3v) is 4.31. The van der Waals surface area contributed by atoms with E-state index in [-0.39, 0.29) is 16.8 Å². The number of amidine groups is 1. The molecular formula is C17H18N2O2S. The van der Waals surface area contributed by atoms with Crippen LogP contribution in [0.4, 0.5) is 0 Å². The quantitative estimate of drug-likeness (QED) is 0.557. The Morgan fingerprint density at radius 2 is 1.77 bits per heavy atom. The summed E-state index contributed by atoms with van der Waals surface area (Å²) in [6, 6.07) is 17.8. The van der Waals surface area contributed by atoms with Gasteiger partial charge in [-0.2, -0.15) is 0 Å². The van der Waals surface area contributed by atoms with Crippen molar-refractivity contribution >= 4 is 22.9 Å². The van der Waals surface area contributed by atoms with Gasteiger partial charge >= 0.3 is 5.97 Å². The molecule has 2 aromatic rings. The van der Waals surface area contributed by atoms with Crippen molar-refractivity contribution in [2.24, 2.45) is 5.73 Å². The molecule has 0 aromatic heterocycles. The lowest BCUT2D eigenvalue weighted by atomic mass is 9.96. The summed E-state index contributed by atoms with van der Waals surface area (Å²) in [5.74, 6) is -0.841. The zero-order chi connectivity index (χ0) is 15.9. The van der Waals surface area contributed by atoms with Crippen LogP contribution in [0.1, 0.15) is 23.7 Å². The summed E-state index contributed by atoms with van der Waals surface area (Å²) in [6.07, 6.45) is 0.484. The van der Waals surface area contributed by atoms with E-state index in [9.17, 15) is 4.79 Å². The molecule has 4 N–H and O–H groups in total. The van der Waals surface area contributed by atoms with E-state index in [4.69, 9.17) is 16.2 Å². The largest absolute Gasteiger partial charge is 0.481 e. The van der Waals surface area contributed by atoms with Gasteiger partial charge in [-0.15, -0.1) is 0 Å². The maximum Gasteiger partial charge on any atom is 0.303 e. The molecule has 0 bridgehead atoms. The first-order valence-electron chi connectivity index (χ1n) is 6.94. The molecule has 0 aliphatic rings. The van der Waals surface area contributed by atoms with Crippen LogP contribution in [0.15, 0.2) is 54.6 Å². The number of hydrogen-bond acceptors (Lipinski definition) is 3. The van der Waals surface area contributed by atoms with Crippen LogP contribution in [-0.4, -0.2) is 16.2 Å². The molecule has 1 atom stereocenters. The Balaban J connectivity index is 2.38. The first-order chi connectivity index (χ1) is 10.6. The van der Waals surface area contributed by atoms with Crippen LogP contribution in [0.2, 0.25) is 0 Å². The minimum atomic E-state index is -0.841. The molecule has 4 nitrogen and oxygen atoms in total. The van der Waals surface area contributed by atoms with Crippen LogP contribution < -0.4 is 5.73 Å². The maximum absolute atomic E-state index is 10.9. The number of nitrogens with one attached hydrogen (secondary N) is 1. The van der Waals surface area contributed by atoms with Crippen LogP contribution in [-0.2, 0) is 4.79 Å². The molecule has 0 aliphatic carbocycles. The van der Waals surface area contributed by atoms with Gasteiger partial charge in [0.1, 0.15) is 0 Å². The highest BCUT2D eigenvalue weighted by Gasteiger charge is 2.19. The van der Waals surface area contributed by atoms with E-state index in [0.29, 0.717) is 6.42 Å².